The van der Waals surface area contributed by atoms with Gasteiger partial charge in [-0.3, -0.25) is 9.59 Å². The lowest BCUT2D eigenvalue weighted by Gasteiger charge is -2.61. The van der Waals surface area contributed by atoms with Crippen molar-refractivity contribution in [1.82, 2.24) is 4.98 Å². The zero-order valence-corrected chi connectivity index (χ0v) is 22.5. The molecule has 5 aliphatic rings. The Morgan fingerprint density at radius 2 is 1.94 bits per heavy atom. The number of aromatic nitrogens is 1. The number of carbonyl (C=O) groups excluding carboxylic acids is 2. The molecule has 5 aliphatic carbocycles. The van der Waals surface area contributed by atoms with Gasteiger partial charge in [-0.25, -0.2) is 4.98 Å². The van der Waals surface area contributed by atoms with Crippen LogP contribution in [0.4, 0.5) is 0 Å². The molecule has 0 saturated heterocycles. The first kappa shape index (κ1) is 22.7. The first-order valence-electron chi connectivity index (χ1n) is 13.6. The minimum absolute atomic E-state index is 0.144. The SMILES string of the molecule is CC12CCC(=O)C=C1CCC1C2C2(CC2)CC2(C)C(C(=O)CSc3nc4ccccc4s3)CCC12. The van der Waals surface area contributed by atoms with E-state index in [4.69, 9.17) is 4.98 Å². The Balaban J connectivity index is 1.14. The molecule has 6 atom stereocenters. The molecule has 35 heavy (non-hydrogen) atoms. The molecule has 0 amide bonds. The maximum Gasteiger partial charge on any atom is 0.155 e. The predicted octanol–water partition coefficient (Wildman–Crippen LogP) is 7.50. The fourth-order valence-corrected chi connectivity index (χ4v) is 11.6. The van der Waals surface area contributed by atoms with E-state index in [-0.39, 0.29) is 16.7 Å². The molecule has 0 N–H and O–H groups in total. The number of thioether (sulfide) groups is 1. The molecule has 1 heterocycles. The van der Waals surface area contributed by atoms with E-state index in [1.165, 1.54) is 42.4 Å². The molecular weight excluding hydrogens is 470 g/mol. The minimum Gasteiger partial charge on any atom is -0.298 e. The molecule has 2 aromatic rings. The van der Waals surface area contributed by atoms with Crippen LogP contribution in [0, 0.1) is 39.9 Å². The molecule has 0 bridgehead atoms. The van der Waals surface area contributed by atoms with Crippen molar-refractivity contribution in [2.75, 3.05) is 5.75 Å². The van der Waals surface area contributed by atoms with Crippen LogP contribution in [0.25, 0.3) is 10.2 Å². The Labute approximate surface area is 216 Å². The van der Waals surface area contributed by atoms with Crippen LogP contribution in [0.3, 0.4) is 0 Å². The predicted molar refractivity (Wildman–Crippen MR) is 143 cm³/mol. The van der Waals surface area contributed by atoms with Crippen LogP contribution in [0.1, 0.15) is 71.6 Å². The highest BCUT2D eigenvalue weighted by atomic mass is 32.2. The zero-order valence-electron chi connectivity index (χ0n) is 20.8. The van der Waals surface area contributed by atoms with Gasteiger partial charge in [0, 0.05) is 12.3 Å². The number of carbonyl (C=O) groups is 2. The highest BCUT2D eigenvalue weighted by molar-refractivity contribution is 8.01. The first-order valence-corrected chi connectivity index (χ1v) is 15.4. The van der Waals surface area contributed by atoms with Gasteiger partial charge in [-0.15, -0.1) is 11.3 Å². The number of hydrogen-bond donors (Lipinski definition) is 0. The second-order valence-electron chi connectivity index (χ2n) is 12.7. The third-order valence-electron chi connectivity index (χ3n) is 11.0. The molecule has 4 saturated carbocycles. The average molecular weight is 506 g/mol. The van der Waals surface area contributed by atoms with Crippen molar-refractivity contribution in [3.8, 4) is 0 Å². The lowest BCUT2D eigenvalue weighted by Crippen LogP contribution is -2.56. The fraction of sp³-hybridized carbons (Fsp3) is 0.633. The molecule has 0 aliphatic heterocycles. The van der Waals surface area contributed by atoms with Crippen molar-refractivity contribution in [2.45, 2.75) is 76.0 Å². The van der Waals surface area contributed by atoms with E-state index < -0.39 is 0 Å². The summed E-state index contributed by atoms with van der Waals surface area (Å²) in [5.41, 5.74) is 3.26. The highest BCUT2D eigenvalue weighted by Gasteiger charge is 2.70. The normalized spacial score (nSPS) is 39.1. The summed E-state index contributed by atoms with van der Waals surface area (Å²) in [5.74, 6) is 3.66. The highest BCUT2D eigenvalue weighted by Crippen LogP contribution is 2.77. The van der Waals surface area contributed by atoms with Crippen LogP contribution in [0.2, 0.25) is 0 Å². The number of benzene rings is 1. The summed E-state index contributed by atoms with van der Waals surface area (Å²) in [4.78, 5) is 30.7. The van der Waals surface area contributed by atoms with E-state index in [2.05, 4.69) is 32.0 Å². The van der Waals surface area contributed by atoms with Gasteiger partial charge < -0.3 is 0 Å². The Kier molecular flexibility index (Phi) is 5.04. The first-order chi connectivity index (χ1) is 16.8. The molecular formula is C30H35NO2S2. The fourth-order valence-electron chi connectivity index (χ4n) is 9.63. The van der Waals surface area contributed by atoms with Crippen LogP contribution < -0.4 is 0 Å². The largest absolute Gasteiger partial charge is 0.298 e. The van der Waals surface area contributed by atoms with Gasteiger partial charge in [-0.2, -0.15) is 0 Å². The third-order valence-corrected chi connectivity index (χ3v) is 13.2. The number of allylic oxidation sites excluding steroid dienone is 1. The quantitative estimate of drug-likeness (QED) is 0.404. The van der Waals surface area contributed by atoms with E-state index in [0.717, 1.165) is 41.5 Å². The van der Waals surface area contributed by atoms with Crippen LogP contribution >= 0.6 is 23.1 Å². The second kappa shape index (κ2) is 7.77. The Bertz CT molecular complexity index is 1230. The van der Waals surface area contributed by atoms with Crippen LogP contribution in [0.15, 0.2) is 40.3 Å². The van der Waals surface area contributed by atoms with Gasteiger partial charge in [-0.05, 0) is 104 Å². The summed E-state index contributed by atoms with van der Waals surface area (Å²) < 4.78 is 2.22. The molecule has 1 spiro atoms. The van der Waals surface area contributed by atoms with Gasteiger partial charge in [0.15, 0.2) is 10.1 Å². The number of thiazole rings is 1. The van der Waals surface area contributed by atoms with E-state index in [0.29, 0.717) is 34.6 Å². The maximum atomic E-state index is 13.7. The molecule has 184 valence electrons. The summed E-state index contributed by atoms with van der Waals surface area (Å²) in [7, 11) is 0. The number of hydrogen-bond acceptors (Lipinski definition) is 5. The topological polar surface area (TPSA) is 47.0 Å². The van der Waals surface area contributed by atoms with Crippen molar-refractivity contribution >= 4 is 44.9 Å². The Morgan fingerprint density at radius 1 is 1.11 bits per heavy atom. The molecule has 4 fully saturated rings. The summed E-state index contributed by atoms with van der Waals surface area (Å²) in [6.45, 7) is 4.99. The molecule has 1 aromatic carbocycles. The number of para-hydroxylation sites is 1. The van der Waals surface area contributed by atoms with Gasteiger partial charge in [0.1, 0.15) is 5.78 Å². The number of Topliss-reactive ketones (excluding diaryl/α,β-unsaturated/α-hetero) is 1. The van der Waals surface area contributed by atoms with E-state index in [9.17, 15) is 9.59 Å². The van der Waals surface area contributed by atoms with Gasteiger partial charge in [0.25, 0.3) is 0 Å². The standard InChI is InChI=1S/C30H35NO2S2/c1-28-12-11-19(32)15-18(28)7-8-20-21-9-10-22(29(21,2)17-30(13-14-30)26(20)28)24(33)16-34-27-31-23-5-3-4-6-25(23)35-27/h3-6,15,20-22,26H,7-14,16-17H2,1-2H3. The second-order valence-corrected chi connectivity index (χ2v) is 15.0. The lowest BCUT2D eigenvalue weighted by atomic mass is 9.42. The van der Waals surface area contributed by atoms with Crippen molar-refractivity contribution in [3.63, 3.8) is 0 Å². The van der Waals surface area contributed by atoms with Crippen molar-refractivity contribution in [1.29, 1.82) is 0 Å². The van der Waals surface area contributed by atoms with E-state index in [1.54, 1.807) is 23.1 Å². The Hall–Kier alpha value is -1.46. The Morgan fingerprint density at radius 3 is 2.74 bits per heavy atom. The van der Waals surface area contributed by atoms with Crippen LogP contribution in [-0.4, -0.2) is 22.3 Å². The number of nitrogens with zero attached hydrogens (tertiary/aromatic N) is 1. The number of fused-ring (bicyclic) bond motifs is 7. The molecule has 1 aromatic heterocycles. The smallest absolute Gasteiger partial charge is 0.155 e. The molecule has 0 radical (unpaired) electrons. The summed E-state index contributed by atoms with van der Waals surface area (Å²) in [5, 5.41) is 0. The van der Waals surface area contributed by atoms with Crippen LogP contribution in [-0.2, 0) is 9.59 Å². The zero-order chi connectivity index (χ0) is 24.0. The minimum atomic E-state index is 0.144. The van der Waals surface area contributed by atoms with E-state index in [1.807, 2.05) is 12.1 Å². The molecule has 3 nitrogen and oxygen atoms in total. The summed E-state index contributed by atoms with van der Waals surface area (Å²) in [6, 6.07) is 8.25. The van der Waals surface area contributed by atoms with Gasteiger partial charge in [0.05, 0.1) is 16.0 Å². The molecule has 6 unspecified atom stereocenters. The number of rotatable bonds is 4. The van der Waals surface area contributed by atoms with E-state index >= 15 is 0 Å². The molecule has 5 heteroatoms. The number of ketones is 2. The van der Waals surface area contributed by atoms with Crippen molar-refractivity contribution < 1.29 is 9.59 Å². The van der Waals surface area contributed by atoms with Gasteiger partial charge in [0.2, 0.25) is 0 Å². The summed E-state index contributed by atoms with van der Waals surface area (Å²) in [6.07, 6.45) is 12.3. The van der Waals surface area contributed by atoms with Crippen LogP contribution in [0.5, 0.6) is 0 Å². The van der Waals surface area contributed by atoms with Gasteiger partial charge >= 0.3 is 0 Å². The van der Waals surface area contributed by atoms with Gasteiger partial charge in [-0.1, -0.05) is 43.3 Å². The van der Waals surface area contributed by atoms with Crippen molar-refractivity contribution in [3.05, 3.63) is 35.9 Å². The third kappa shape index (κ3) is 3.32. The lowest BCUT2D eigenvalue weighted by molar-refractivity contribution is -0.135. The summed E-state index contributed by atoms with van der Waals surface area (Å²) >= 11 is 3.36. The molecule has 7 rings (SSSR count). The monoisotopic (exact) mass is 505 g/mol. The van der Waals surface area contributed by atoms with Crippen molar-refractivity contribution in [2.24, 2.45) is 39.9 Å². The average Bonchev–Trinajstić information content (AvgIpc) is 3.30. The maximum absolute atomic E-state index is 13.7.